The fourth-order valence-corrected chi connectivity index (χ4v) is 3.99. The summed E-state index contributed by atoms with van der Waals surface area (Å²) in [5.74, 6) is -2.70. The number of anilines is 1. The number of amides is 2. The van der Waals surface area contributed by atoms with E-state index in [0.717, 1.165) is 18.2 Å². The minimum Gasteiger partial charge on any atom is -0.345 e. The van der Waals surface area contributed by atoms with Gasteiger partial charge in [0.1, 0.15) is 23.1 Å². The molecule has 3 heterocycles. The first kappa shape index (κ1) is 25.7. The highest BCUT2D eigenvalue weighted by Gasteiger charge is 2.22. The van der Waals surface area contributed by atoms with E-state index in [4.69, 9.17) is 11.6 Å². The molecule has 2 amide bonds. The van der Waals surface area contributed by atoms with Gasteiger partial charge in [-0.3, -0.25) is 19.3 Å². The number of carbonyl (C=O) groups is 2. The highest BCUT2D eigenvalue weighted by atomic mass is 35.5. The zero-order valence-electron chi connectivity index (χ0n) is 20.3. The van der Waals surface area contributed by atoms with Crippen molar-refractivity contribution < 1.29 is 18.4 Å². The number of nitrogens with zero attached hydrogens (tertiary/aromatic N) is 6. The first-order chi connectivity index (χ1) is 18.8. The van der Waals surface area contributed by atoms with Crippen molar-refractivity contribution in [3.63, 3.8) is 0 Å². The van der Waals surface area contributed by atoms with Gasteiger partial charge in [-0.15, -0.1) is 5.10 Å². The van der Waals surface area contributed by atoms with Gasteiger partial charge in [0.15, 0.2) is 5.69 Å². The van der Waals surface area contributed by atoms with E-state index in [1.54, 1.807) is 37.4 Å². The zero-order chi connectivity index (χ0) is 27.5. The molecule has 0 saturated carbocycles. The Bertz CT molecular complexity index is 1690. The SMILES string of the molecule is Cn1nncc1CNC(=O)c1cc(NC(=O)c2cc(-c3ncccc3F)c(F)cc2Cl)n(-c2ccccc2)n1. The summed E-state index contributed by atoms with van der Waals surface area (Å²) in [5, 5.41) is 17.2. The van der Waals surface area contributed by atoms with Crippen LogP contribution in [-0.2, 0) is 13.6 Å². The highest BCUT2D eigenvalue weighted by molar-refractivity contribution is 6.34. The van der Waals surface area contributed by atoms with Crippen LogP contribution in [0, 0.1) is 11.6 Å². The smallest absolute Gasteiger partial charge is 0.272 e. The van der Waals surface area contributed by atoms with Gasteiger partial charge >= 0.3 is 0 Å². The molecule has 0 fully saturated rings. The predicted octanol–water partition coefficient (Wildman–Crippen LogP) is 4.18. The second-order valence-electron chi connectivity index (χ2n) is 8.29. The van der Waals surface area contributed by atoms with Gasteiger partial charge in [0.25, 0.3) is 11.8 Å². The van der Waals surface area contributed by atoms with E-state index in [1.807, 2.05) is 0 Å². The van der Waals surface area contributed by atoms with Crippen LogP contribution in [0.15, 0.2) is 73.1 Å². The number of para-hydroxylation sites is 1. The molecule has 0 bridgehead atoms. The van der Waals surface area contributed by atoms with Crippen molar-refractivity contribution in [1.29, 1.82) is 0 Å². The molecule has 0 aliphatic rings. The number of nitrogens with one attached hydrogen (secondary N) is 2. The van der Waals surface area contributed by atoms with Crippen LogP contribution in [0.4, 0.5) is 14.6 Å². The van der Waals surface area contributed by atoms with E-state index >= 15 is 0 Å². The fraction of sp³-hybridized carbons (Fsp3) is 0.0769. The van der Waals surface area contributed by atoms with E-state index in [2.05, 4.69) is 31.0 Å². The number of pyridine rings is 1. The number of rotatable bonds is 7. The highest BCUT2D eigenvalue weighted by Crippen LogP contribution is 2.30. The summed E-state index contributed by atoms with van der Waals surface area (Å²) in [6.07, 6.45) is 2.83. The Morgan fingerprint density at radius 1 is 1.00 bits per heavy atom. The van der Waals surface area contributed by atoms with Crippen LogP contribution in [-0.4, -0.2) is 41.6 Å². The lowest BCUT2D eigenvalue weighted by Crippen LogP contribution is -2.24. The number of halogens is 3. The van der Waals surface area contributed by atoms with E-state index in [1.165, 1.54) is 33.9 Å². The molecule has 10 nitrogen and oxygen atoms in total. The van der Waals surface area contributed by atoms with E-state index in [9.17, 15) is 18.4 Å². The average molecular weight is 549 g/mol. The molecule has 0 saturated heterocycles. The van der Waals surface area contributed by atoms with Gasteiger partial charge < -0.3 is 10.6 Å². The largest absolute Gasteiger partial charge is 0.345 e. The molecular formula is C26H19ClF2N8O2. The van der Waals surface area contributed by atoms with Crippen molar-refractivity contribution in [1.82, 2.24) is 35.1 Å². The van der Waals surface area contributed by atoms with Gasteiger partial charge in [-0.25, -0.2) is 13.5 Å². The third-order valence-electron chi connectivity index (χ3n) is 5.74. The van der Waals surface area contributed by atoms with Crippen LogP contribution in [0.1, 0.15) is 26.5 Å². The first-order valence-electron chi connectivity index (χ1n) is 11.5. The fourth-order valence-electron chi connectivity index (χ4n) is 3.75. The number of hydrogen-bond acceptors (Lipinski definition) is 6. The molecule has 0 atom stereocenters. The number of aromatic nitrogens is 6. The third kappa shape index (κ3) is 5.36. The van der Waals surface area contributed by atoms with Crippen LogP contribution >= 0.6 is 11.6 Å². The second kappa shape index (κ2) is 10.8. The summed E-state index contributed by atoms with van der Waals surface area (Å²) >= 11 is 6.19. The van der Waals surface area contributed by atoms with E-state index in [-0.39, 0.29) is 39.9 Å². The summed E-state index contributed by atoms with van der Waals surface area (Å²) in [4.78, 5) is 30.1. The van der Waals surface area contributed by atoms with Crippen LogP contribution in [0.2, 0.25) is 5.02 Å². The Hall–Kier alpha value is -4.97. The summed E-state index contributed by atoms with van der Waals surface area (Å²) in [6.45, 7) is 0.153. The second-order valence-corrected chi connectivity index (χ2v) is 8.70. The third-order valence-corrected chi connectivity index (χ3v) is 6.05. The van der Waals surface area contributed by atoms with Crippen molar-refractivity contribution in [3.05, 3.63) is 107 Å². The van der Waals surface area contributed by atoms with Gasteiger partial charge in [0.05, 0.1) is 34.7 Å². The number of hydrogen-bond donors (Lipinski definition) is 2. The van der Waals surface area contributed by atoms with Crippen molar-refractivity contribution >= 4 is 29.2 Å². The lowest BCUT2D eigenvalue weighted by Gasteiger charge is -2.11. The van der Waals surface area contributed by atoms with Gasteiger partial charge in [-0.05, 0) is 36.4 Å². The summed E-state index contributed by atoms with van der Waals surface area (Å²) in [7, 11) is 1.69. The Kier molecular flexibility index (Phi) is 7.10. The molecule has 0 aliphatic carbocycles. The van der Waals surface area contributed by atoms with Crippen molar-refractivity contribution in [2.75, 3.05) is 5.32 Å². The molecule has 5 rings (SSSR count). The summed E-state index contributed by atoms with van der Waals surface area (Å²) in [5.41, 5.74) is 0.621. The monoisotopic (exact) mass is 548 g/mol. The number of carbonyl (C=O) groups excluding carboxylic acids is 2. The standard InChI is InChI=1S/C26H19ClF2N8O2/c1-36-16(14-32-35-36)13-31-26(39)22-12-23(37(34-22)15-6-3-2-4-7-15)33-25(38)17-10-18(21(29)11-19(17)27)24-20(28)8-5-9-30-24/h2-12,14H,13H2,1H3,(H,31,39)(H,33,38). The van der Waals surface area contributed by atoms with Crippen LogP contribution in [0.25, 0.3) is 16.9 Å². The minimum atomic E-state index is -0.842. The maximum atomic E-state index is 14.7. The van der Waals surface area contributed by atoms with Gasteiger partial charge in [-0.1, -0.05) is 35.0 Å². The normalized spacial score (nSPS) is 10.9. The lowest BCUT2D eigenvalue weighted by atomic mass is 10.1. The van der Waals surface area contributed by atoms with E-state index < -0.39 is 23.4 Å². The van der Waals surface area contributed by atoms with E-state index in [0.29, 0.717) is 11.4 Å². The number of aryl methyl sites for hydroxylation is 1. The molecule has 2 N–H and O–H groups in total. The van der Waals surface area contributed by atoms with Gasteiger partial charge in [0.2, 0.25) is 0 Å². The average Bonchev–Trinajstić information content (AvgIpc) is 3.54. The zero-order valence-corrected chi connectivity index (χ0v) is 21.0. The van der Waals surface area contributed by atoms with Crippen LogP contribution in [0.3, 0.4) is 0 Å². The maximum Gasteiger partial charge on any atom is 0.272 e. The summed E-state index contributed by atoms with van der Waals surface area (Å²) in [6, 6.07) is 14.7. The Morgan fingerprint density at radius 2 is 1.79 bits per heavy atom. The molecule has 13 heteroatoms. The molecule has 3 aromatic heterocycles. The Balaban J connectivity index is 1.47. The van der Waals surface area contributed by atoms with Crippen molar-refractivity contribution in [3.8, 4) is 16.9 Å². The van der Waals surface area contributed by atoms with Crippen LogP contribution < -0.4 is 10.6 Å². The molecule has 2 aromatic carbocycles. The first-order valence-corrected chi connectivity index (χ1v) is 11.9. The molecule has 0 unspecified atom stereocenters. The predicted molar refractivity (Wildman–Crippen MR) is 138 cm³/mol. The summed E-state index contributed by atoms with van der Waals surface area (Å²) < 4.78 is 31.9. The van der Waals surface area contributed by atoms with Gasteiger partial charge in [0, 0.05) is 24.9 Å². The van der Waals surface area contributed by atoms with Crippen molar-refractivity contribution in [2.24, 2.45) is 7.05 Å². The molecular weight excluding hydrogens is 530 g/mol. The molecule has 0 aliphatic heterocycles. The molecule has 39 heavy (non-hydrogen) atoms. The number of benzene rings is 2. The quantitative estimate of drug-likeness (QED) is 0.315. The molecule has 196 valence electrons. The molecule has 0 radical (unpaired) electrons. The van der Waals surface area contributed by atoms with Crippen molar-refractivity contribution in [2.45, 2.75) is 6.54 Å². The molecule has 5 aromatic rings. The topological polar surface area (TPSA) is 120 Å². The Labute approximate surface area is 225 Å². The van der Waals surface area contributed by atoms with Crippen LogP contribution in [0.5, 0.6) is 0 Å². The maximum absolute atomic E-state index is 14.7. The lowest BCUT2D eigenvalue weighted by molar-refractivity contribution is 0.0943. The van der Waals surface area contributed by atoms with Gasteiger partial charge in [-0.2, -0.15) is 5.10 Å². The minimum absolute atomic E-state index is 0.0192. The Morgan fingerprint density at radius 3 is 2.51 bits per heavy atom. The molecule has 0 spiro atoms.